The number of aromatic nitrogens is 1. The highest BCUT2D eigenvalue weighted by atomic mass is 16.5. The van der Waals surface area contributed by atoms with E-state index in [4.69, 9.17) is 9.47 Å². The highest BCUT2D eigenvalue weighted by Gasteiger charge is 2.37. The summed E-state index contributed by atoms with van der Waals surface area (Å²) in [6.07, 6.45) is 4.01. The number of carbonyl (C=O) groups excluding carboxylic acids is 1. The summed E-state index contributed by atoms with van der Waals surface area (Å²) in [5, 5.41) is 10.1. The summed E-state index contributed by atoms with van der Waals surface area (Å²) in [7, 11) is 1.51. The minimum absolute atomic E-state index is 0.0269. The highest BCUT2D eigenvalue weighted by molar-refractivity contribution is 5.96. The first-order valence-corrected chi connectivity index (χ1v) is 9.24. The van der Waals surface area contributed by atoms with Crippen molar-refractivity contribution in [1.29, 1.82) is 0 Å². The zero-order valence-electron chi connectivity index (χ0n) is 15.6. The topological polar surface area (TPSA) is 71.9 Å². The van der Waals surface area contributed by atoms with Crippen LogP contribution in [0.5, 0.6) is 11.6 Å². The molecule has 1 aromatic carbocycles. The molecule has 1 unspecified atom stereocenters. The van der Waals surface area contributed by atoms with Crippen LogP contribution in [0.25, 0.3) is 0 Å². The van der Waals surface area contributed by atoms with Crippen LogP contribution in [0, 0.1) is 5.41 Å². The Morgan fingerprint density at radius 3 is 2.81 bits per heavy atom. The maximum Gasteiger partial charge on any atom is 0.259 e. The van der Waals surface area contributed by atoms with E-state index in [-0.39, 0.29) is 17.9 Å². The van der Waals surface area contributed by atoms with Gasteiger partial charge in [-0.3, -0.25) is 4.79 Å². The molecule has 1 saturated heterocycles. The van der Waals surface area contributed by atoms with E-state index in [1.165, 1.54) is 7.11 Å². The van der Waals surface area contributed by atoms with Gasteiger partial charge in [0.2, 0.25) is 5.88 Å². The second-order valence-corrected chi connectivity index (χ2v) is 6.96. The number of aliphatic hydroxyl groups excluding tert-OH is 1. The molecular formula is C21H26N2O4. The van der Waals surface area contributed by atoms with Crippen molar-refractivity contribution in [3.05, 3.63) is 54.2 Å². The summed E-state index contributed by atoms with van der Waals surface area (Å²) in [6, 6.07) is 13.1. The van der Waals surface area contributed by atoms with Crippen LogP contribution in [0.4, 0.5) is 0 Å². The molecule has 3 rings (SSSR count). The van der Waals surface area contributed by atoms with Crippen LogP contribution >= 0.6 is 0 Å². The van der Waals surface area contributed by atoms with E-state index in [1.807, 2.05) is 30.3 Å². The lowest BCUT2D eigenvalue weighted by Crippen LogP contribution is -2.48. The quantitative estimate of drug-likeness (QED) is 0.811. The average molecular weight is 370 g/mol. The van der Waals surface area contributed by atoms with Gasteiger partial charge in [-0.05, 0) is 43.5 Å². The average Bonchev–Trinajstić information content (AvgIpc) is 2.74. The fourth-order valence-electron chi connectivity index (χ4n) is 3.58. The van der Waals surface area contributed by atoms with Crippen LogP contribution in [-0.4, -0.2) is 54.3 Å². The number of hydrogen-bond donors (Lipinski definition) is 1. The second kappa shape index (κ2) is 8.86. The van der Waals surface area contributed by atoms with Crippen molar-refractivity contribution in [3.63, 3.8) is 0 Å². The molecule has 1 aromatic heterocycles. The minimum Gasteiger partial charge on any atom is -0.494 e. The third-order valence-corrected chi connectivity index (χ3v) is 5.12. The van der Waals surface area contributed by atoms with Gasteiger partial charge in [-0.15, -0.1) is 0 Å². The molecule has 0 saturated carbocycles. The van der Waals surface area contributed by atoms with Gasteiger partial charge in [0.15, 0.2) is 0 Å². The largest absolute Gasteiger partial charge is 0.494 e. The van der Waals surface area contributed by atoms with E-state index in [9.17, 15) is 9.90 Å². The van der Waals surface area contributed by atoms with Gasteiger partial charge in [-0.25, -0.2) is 4.98 Å². The number of methoxy groups -OCH3 is 1. The zero-order chi connectivity index (χ0) is 19.1. The summed E-state index contributed by atoms with van der Waals surface area (Å²) in [4.78, 5) is 18.9. The predicted molar refractivity (Wildman–Crippen MR) is 102 cm³/mol. The number of pyridine rings is 1. The molecule has 1 aliphatic rings. The van der Waals surface area contributed by atoms with Gasteiger partial charge in [0.1, 0.15) is 11.3 Å². The maximum absolute atomic E-state index is 13.0. The number of benzene rings is 1. The lowest BCUT2D eigenvalue weighted by molar-refractivity contribution is 0.0154. The number of rotatable bonds is 7. The number of carbonyl (C=O) groups is 1. The van der Waals surface area contributed by atoms with Crippen molar-refractivity contribution in [2.24, 2.45) is 5.41 Å². The first-order valence-electron chi connectivity index (χ1n) is 9.24. The Hall–Kier alpha value is -2.60. The number of nitrogens with zero attached hydrogens (tertiary/aromatic N) is 2. The molecule has 0 radical (unpaired) electrons. The van der Waals surface area contributed by atoms with Crippen LogP contribution in [0.1, 0.15) is 29.6 Å². The summed E-state index contributed by atoms with van der Waals surface area (Å²) < 4.78 is 11.0. The van der Waals surface area contributed by atoms with Crippen LogP contribution in [0.15, 0.2) is 48.7 Å². The molecule has 0 spiro atoms. The van der Waals surface area contributed by atoms with E-state index in [0.717, 1.165) is 18.6 Å². The van der Waals surface area contributed by atoms with E-state index in [1.54, 1.807) is 23.2 Å². The van der Waals surface area contributed by atoms with Gasteiger partial charge in [0.25, 0.3) is 5.91 Å². The molecule has 1 aliphatic heterocycles. The number of ether oxygens (including phenoxy) is 2. The third-order valence-electron chi connectivity index (χ3n) is 5.12. The first kappa shape index (κ1) is 19.2. The van der Waals surface area contributed by atoms with Crippen molar-refractivity contribution in [3.8, 4) is 11.6 Å². The Balaban J connectivity index is 1.66. The molecule has 6 heteroatoms. The maximum atomic E-state index is 13.0. The van der Waals surface area contributed by atoms with E-state index >= 15 is 0 Å². The lowest BCUT2D eigenvalue weighted by Gasteiger charge is -2.42. The molecule has 1 fully saturated rings. The molecule has 1 N–H and O–H groups in total. The second-order valence-electron chi connectivity index (χ2n) is 6.96. The number of likely N-dealkylation sites (tertiary alicyclic amines) is 1. The molecule has 6 nitrogen and oxygen atoms in total. The summed E-state index contributed by atoms with van der Waals surface area (Å²) in [5.74, 6) is 1.03. The fourth-order valence-corrected chi connectivity index (χ4v) is 3.58. The number of piperidine rings is 1. The van der Waals surface area contributed by atoms with Crippen LogP contribution < -0.4 is 9.47 Å². The Morgan fingerprint density at radius 2 is 2.07 bits per heavy atom. The summed E-state index contributed by atoms with van der Waals surface area (Å²) in [6.45, 7) is 1.69. The van der Waals surface area contributed by atoms with Gasteiger partial charge < -0.3 is 19.5 Å². The fraction of sp³-hybridized carbons (Fsp3) is 0.429. The smallest absolute Gasteiger partial charge is 0.259 e. The third kappa shape index (κ3) is 4.57. The molecule has 144 valence electrons. The molecule has 2 aromatic rings. The lowest BCUT2D eigenvalue weighted by atomic mass is 9.78. The normalized spacial score (nSPS) is 19.6. The molecule has 2 heterocycles. The monoisotopic (exact) mass is 370 g/mol. The van der Waals surface area contributed by atoms with Crippen molar-refractivity contribution in [1.82, 2.24) is 9.88 Å². The van der Waals surface area contributed by atoms with Gasteiger partial charge in [0, 0.05) is 24.7 Å². The van der Waals surface area contributed by atoms with Crippen molar-refractivity contribution in [2.75, 3.05) is 33.4 Å². The SMILES string of the molecule is COc1ncccc1C(=O)N1CCCC(CO)(CCOc2ccccc2)C1. The summed E-state index contributed by atoms with van der Waals surface area (Å²) in [5.41, 5.74) is 0.104. The molecule has 1 amide bonds. The van der Waals surface area contributed by atoms with E-state index < -0.39 is 0 Å². The van der Waals surface area contributed by atoms with Crippen molar-refractivity contribution < 1.29 is 19.4 Å². The number of amides is 1. The number of para-hydroxylation sites is 1. The summed E-state index contributed by atoms with van der Waals surface area (Å²) >= 11 is 0. The standard InChI is InChI=1S/C21H26N2O4/c1-26-19-18(9-5-12-22-19)20(25)23-13-6-10-21(15-23,16-24)11-14-27-17-7-3-2-4-8-17/h2-5,7-9,12,24H,6,10-11,13-16H2,1H3. The Kier molecular flexibility index (Phi) is 6.29. The zero-order valence-corrected chi connectivity index (χ0v) is 15.6. The number of aliphatic hydroxyl groups is 1. The Morgan fingerprint density at radius 1 is 1.26 bits per heavy atom. The van der Waals surface area contributed by atoms with Crippen LogP contribution in [0.2, 0.25) is 0 Å². The minimum atomic E-state index is -0.349. The predicted octanol–water partition coefficient (Wildman–Crippen LogP) is 2.77. The van der Waals surface area contributed by atoms with Gasteiger partial charge >= 0.3 is 0 Å². The molecule has 27 heavy (non-hydrogen) atoms. The van der Waals surface area contributed by atoms with E-state index in [2.05, 4.69) is 4.98 Å². The van der Waals surface area contributed by atoms with Crippen molar-refractivity contribution in [2.45, 2.75) is 19.3 Å². The molecule has 1 atom stereocenters. The van der Waals surface area contributed by atoms with Gasteiger partial charge in [-0.2, -0.15) is 0 Å². The van der Waals surface area contributed by atoms with Crippen LogP contribution in [0.3, 0.4) is 0 Å². The molecular weight excluding hydrogens is 344 g/mol. The number of hydrogen-bond acceptors (Lipinski definition) is 5. The van der Waals surface area contributed by atoms with Crippen LogP contribution in [-0.2, 0) is 0 Å². The van der Waals surface area contributed by atoms with E-state index in [0.29, 0.717) is 37.6 Å². The highest BCUT2D eigenvalue weighted by Crippen LogP contribution is 2.34. The van der Waals surface area contributed by atoms with Gasteiger partial charge in [-0.1, -0.05) is 18.2 Å². The van der Waals surface area contributed by atoms with Crippen molar-refractivity contribution >= 4 is 5.91 Å². The first-order chi connectivity index (χ1) is 13.2. The van der Waals surface area contributed by atoms with Gasteiger partial charge in [0.05, 0.1) is 20.3 Å². The Labute approximate surface area is 159 Å². The Bertz CT molecular complexity index is 753. The molecule has 0 bridgehead atoms. The molecule has 0 aliphatic carbocycles.